The van der Waals surface area contributed by atoms with E-state index in [0.29, 0.717) is 24.6 Å². The molecule has 0 spiro atoms. The van der Waals surface area contributed by atoms with Gasteiger partial charge in [0.1, 0.15) is 5.75 Å². The number of carbonyl (C=O) groups excluding carboxylic acids is 1. The second-order valence-electron chi connectivity index (χ2n) is 4.56. The molecule has 0 saturated carbocycles. The van der Waals surface area contributed by atoms with E-state index in [1.54, 1.807) is 0 Å². The predicted octanol–water partition coefficient (Wildman–Crippen LogP) is 3.45. The first-order valence-corrected chi connectivity index (χ1v) is 7.10. The lowest BCUT2D eigenvalue weighted by molar-refractivity contribution is 0.252. The summed E-state index contributed by atoms with van der Waals surface area (Å²) in [6, 6.07) is 17.4. The molecule has 0 aliphatic rings. The van der Waals surface area contributed by atoms with Crippen LogP contribution in [0.4, 0.5) is 10.5 Å². The second-order valence-corrected chi connectivity index (χ2v) is 4.56. The number of para-hydroxylation sites is 2. The molecule has 2 N–H and O–H groups in total. The van der Waals surface area contributed by atoms with Gasteiger partial charge < -0.3 is 15.4 Å². The number of hydrogen-bond acceptors (Lipinski definition) is 2. The van der Waals surface area contributed by atoms with Crippen LogP contribution in [0.3, 0.4) is 0 Å². The summed E-state index contributed by atoms with van der Waals surface area (Å²) in [5.41, 5.74) is 1.91. The van der Waals surface area contributed by atoms with Gasteiger partial charge in [0.05, 0.1) is 12.3 Å². The van der Waals surface area contributed by atoms with Gasteiger partial charge in [0, 0.05) is 13.0 Å². The van der Waals surface area contributed by atoms with Crippen LogP contribution in [0.25, 0.3) is 0 Å². The molecule has 2 aromatic rings. The van der Waals surface area contributed by atoms with Crippen molar-refractivity contribution in [3.8, 4) is 5.75 Å². The molecule has 0 bridgehead atoms. The molecule has 0 fully saturated rings. The van der Waals surface area contributed by atoms with Crippen molar-refractivity contribution in [2.24, 2.45) is 0 Å². The van der Waals surface area contributed by atoms with Gasteiger partial charge >= 0.3 is 6.03 Å². The number of rotatable bonds is 6. The van der Waals surface area contributed by atoms with E-state index in [2.05, 4.69) is 22.8 Å². The van der Waals surface area contributed by atoms with Crippen molar-refractivity contribution in [1.29, 1.82) is 0 Å². The van der Waals surface area contributed by atoms with Gasteiger partial charge in [-0.3, -0.25) is 0 Å². The van der Waals surface area contributed by atoms with Gasteiger partial charge in [-0.1, -0.05) is 42.5 Å². The summed E-state index contributed by atoms with van der Waals surface area (Å²) in [4.78, 5) is 11.6. The zero-order valence-corrected chi connectivity index (χ0v) is 12.1. The van der Waals surface area contributed by atoms with Crippen LogP contribution in [0.2, 0.25) is 0 Å². The highest BCUT2D eigenvalue weighted by Crippen LogP contribution is 2.23. The molecule has 2 aromatic carbocycles. The molecule has 0 aromatic heterocycles. The maximum atomic E-state index is 11.6. The van der Waals surface area contributed by atoms with Gasteiger partial charge in [0.25, 0.3) is 0 Å². The molecule has 4 heteroatoms. The minimum atomic E-state index is -0.225. The largest absolute Gasteiger partial charge is 0.491 e. The molecule has 0 unspecified atom stereocenters. The third-order valence-electron chi connectivity index (χ3n) is 2.96. The molecule has 0 atom stereocenters. The van der Waals surface area contributed by atoms with Crippen molar-refractivity contribution in [2.45, 2.75) is 13.3 Å². The summed E-state index contributed by atoms with van der Waals surface area (Å²) in [7, 11) is 0. The van der Waals surface area contributed by atoms with Crippen molar-refractivity contribution in [2.75, 3.05) is 18.5 Å². The van der Waals surface area contributed by atoms with E-state index < -0.39 is 0 Å². The number of nitrogens with one attached hydrogen (secondary N) is 2. The van der Waals surface area contributed by atoms with Gasteiger partial charge in [0.15, 0.2) is 0 Å². The quantitative estimate of drug-likeness (QED) is 0.853. The zero-order chi connectivity index (χ0) is 14.9. The summed E-state index contributed by atoms with van der Waals surface area (Å²) in [5, 5.41) is 5.48. The van der Waals surface area contributed by atoms with E-state index in [1.807, 2.05) is 49.4 Å². The fourth-order valence-corrected chi connectivity index (χ4v) is 1.95. The van der Waals surface area contributed by atoms with Crippen molar-refractivity contribution in [3.63, 3.8) is 0 Å². The Morgan fingerprint density at radius 3 is 2.52 bits per heavy atom. The minimum Gasteiger partial charge on any atom is -0.491 e. The first-order valence-electron chi connectivity index (χ1n) is 7.10. The van der Waals surface area contributed by atoms with Gasteiger partial charge in [-0.2, -0.15) is 0 Å². The fourth-order valence-electron chi connectivity index (χ4n) is 1.95. The summed E-state index contributed by atoms with van der Waals surface area (Å²) >= 11 is 0. The highest BCUT2D eigenvalue weighted by atomic mass is 16.5. The normalized spacial score (nSPS) is 9.95. The van der Waals surface area contributed by atoms with Gasteiger partial charge in [0.2, 0.25) is 0 Å². The summed E-state index contributed by atoms with van der Waals surface area (Å²) in [5.74, 6) is 0.680. The highest BCUT2D eigenvalue weighted by molar-refractivity contribution is 5.90. The lowest BCUT2D eigenvalue weighted by Crippen LogP contribution is -2.28. The molecule has 0 radical (unpaired) electrons. The molecule has 0 heterocycles. The number of benzene rings is 2. The van der Waals surface area contributed by atoms with Crippen LogP contribution in [0.5, 0.6) is 5.75 Å². The fraction of sp³-hybridized carbons (Fsp3) is 0.235. The number of carbonyl (C=O) groups is 1. The Morgan fingerprint density at radius 1 is 1.05 bits per heavy atom. The van der Waals surface area contributed by atoms with E-state index >= 15 is 0 Å². The molecule has 2 rings (SSSR count). The Bertz CT molecular complexity index is 570. The monoisotopic (exact) mass is 284 g/mol. The second kappa shape index (κ2) is 7.94. The molecule has 0 aliphatic carbocycles. The molecule has 2 amide bonds. The number of urea groups is 1. The smallest absolute Gasteiger partial charge is 0.319 e. The third kappa shape index (κ3) is 4.84. The SMILES string of the molecule is CCNC(=O)Nc1ccccc1OCCc1ccccc1. The lowest BCUT2D eigenvalue weighted by Gasteiger charge is -2.12. The Labute approximate surface area is 125 Å². The Kier molecular flexibility index (Phi) is 5.64. The standard InChI is InChI=1S/C17H20N2O2/c1-2-18-17(20)19-15-10-6-7-11-16(15)21-13-12-14-8-4-3-5-9-14/h3-11H,2,12-13H2,1H3,(H2,18,19,20). The van der Waals surface area contributed by atoms with Crippen molar-refractivity contribution in [1.82, 2.24) is 5.32 Å². The topological polar surface area (TPSA) is 50.4 Å². The number of hydrogen-bond donors (Lipinski definition) is 2. The molecule has 4 nitrogen and oxygen atoms in total. The maximum absolute atomic E-state index is 11.6. The molecule has 0 aliphatic heterocycles. The van der Waals surface area contributed by atoms with Gasteiger partial charge in [-0.05, 0) is 24.6 Å². The summed E-state index contributed by atoms with van der Waals surface area (Å²) in [6.45, 7) is 3.03. The van der Waals surface area contributed by atoms with Crippen LogP contribution in [0.1, 0.15) is 12.5 Å². The number of anilines is 1. The molecular formula is C17H20N2O2. The van der Waals surface area contributed by atoms with E-state index in [9.17, 15) is 4.79 Å². The highest BCUT2D eigenvalue weighted by Gasteiger charge is 2.06. The summed E-state index contributed by atoms with van der Waals surface area (Å²) in [6.07, 6.45) is 0.830. The van der Waals surface area contributed by atoms with Crippen LogP contribution < -0.4 is 15.4 Å². The summed E-state index contributed by atoms with van der Waals surface area (Å²) < 4.78 is 5.78. The van der Waals surface area contributed by atoms with Gasteiger partial charge in [-0.25, -0.2) is 4.79 Å². The van der Waals surface area contributed by atoms with Crippen molar-refractivity contribution >= 4 is 11.7 Å². The number of ether oxygens (including phenoxy) is 1. The predicted molar refractivity (Wildman–Crippen MR) is 84.8 cm³/mol. The van der Waals surface area contributed by atoms with Gasteiger partial charge in [-0.15, -0.1) is 0 Å². The van der Waals surface area contributed by atoms with E-state index in [4.69, 9.17) is 4.74 Å². The number of amides is 2. The third-order valence-corrected chi connectivity index (χ3v) is 2.96. The Balaban J connectivity index is 1.92. The maximum Gasteiger partial charge on any atom is 0.319 e. The van der Waals surface area contributed by atoms with Crippen molar-refractivity contribution < 1.29 is 9.53 Å². The van der Waals surface area contributed by atoms with Crippen molar-refractivity contribution in [3.05, 3.63) is 60.2 Å². The van der Waals surface area contributed by atoms with E-state index in [0.717, 1.165) is 6.42 Å². The average Bonchev–Trinajstić information content (AvgIpc) is 2.50. The van der Waals surface area contributed by atoms with Crippen LogP contribution in [-0.2, 0) is 6.42 Å². The van der Waals surface area contributed by atoms with Crippen LogP contribution in [-0.4, -0.2) is 19.2 Å². The molecule has 0 saturated heterocycles. The Morgan fingerprint density at radius 2 is 1.76 bits per heavy atom. The molecule has 21 heavy (non-hydrogen) atoms. The first-order chi connectivity index (χ1) is 10.3. The van der Waals surface area contributed by atoms with Crippen LogP contribution in [0.15, 0.2) is 54.6 Å². The van der Waals surface area contributed by atoms with E-state index in [-0.39, 0.29) is 6.03 Å². The lowest BCUT2D eigenvalue weighted by atomic mass is 10.2. The minimum absolute atomic E-state index is 0.225. The molecule has 110 valence electrons. The van der Waals surface area contributed by atoms with Crippen LogP contribution in [0, 0.1) is 0 Å². The average molecular weight is 284 g/mol. The first kappa shape index (κ1) is 14.9. The molecular weight excluding hydrogens is 264 g/mol. The van der Waals surface area contributed by atoms with E-state index in [1.165, 1.54) is 5.56 Å². The Hall–Kier alpha value is -2.49. The zero-order valence-electron chi connectivity index (χ0n) is 12.1. The van der Waals surface area contributed by atoms with Crippen LogP contribution >= 0.6 is 0 Å².